The highest BCUT2D eigenvalue weighted by Crippen LogP contribution is 2.10. The summed E-state index contributed by atoms with van der Waals surface area (Å²) in [4.78, 5) is 5.33. The Kier molecular flexibility index (Phi) is 2.04. The van der Waals surface area contributed by atoms with Crippen LogP contribution in [0.1, 0.15) is 4.88 Å². The van der Waals surface area contributed by atoms with Crippen LogP contribution >= 0.6 is 11.3 Å². The van der Waals surface area contributed by atoms with E-state index < -0.39 is 0 Å². The van der Waals surface area contributed by atoms with E-state index in [0.717, 1.165) is 5.71 Å². The Balaban J connectivity index is 2.09. The van der Waals surface area contributed by atoms with Crippen LogP contribution in [0, 0.1) is 0 Å². The monoisotopic (exact) mass is 173 g/mol. The van der Waals surface area contributed by atoms with Crippen LogP contribution in [-0.4, -0.2) is 5.71 Å². The largest absolute Gasteiger partial charge is 0.248 e. The van der Waals surface area contributed by atoms with Gasteiger partial charge in [-0.3, -0.25) is 0 Å². The molecule has 0 N–H and O–H groups in total. The molecule has 1 aromatic heterocycles. The molecule has 0 bridgehead atoms. The van der Waals surface area contributed by atoms with E-state index in [1.165, 1.54) is 4.88 Å². The highest BCUT2D eigenvalue weighted by Gasteiger charge is 1.90. The molecular formula is C10H7NS. The summed E-state index contributed by atoms with van der Waals surface area (Å²) in [5.74, 6) is 0. The first-order chi connectivity index (χ1) is 5.95. The summed E-state index contributed by atoms with van der Waals surface area (Å²) in [6.45, 7) is 0. The van der Waals surface area contributed by atoms with Crippen molar-refractivity contribution in [2.45, 2.75) is 0 Å². The summed E-state index contributed by atoms with van der Waals surface area (Å²) in [6, 6.07) is 4.11. The van der Waals surface area contributed by atoms with Gasteiger partial charge < -0.3 is 0 Å². The molecule has 0 amide bonds. The Morgan fingerprint density at radius 1 is 1.42 bits per heavy atom. The summed E-state index contributed by atoms with van der Waals surface area (Å²) >= 11 is 1.72. The smallest absolute Gasteiger partial charge is 0.0715 e. The molecule has 1 nitrogen and oxygen atoms in total. The van der Waals surface area contributed by atoms with E-state index in [1.807, 2.05) is 18.2 Å². The summed E-state index contributed by atoms with van der Waals surface area (Å²) < 4.78 is 0. The molecule has 0 fully saturated rings. The van der Waals surface area contributed by atoms with E-state index >= 15 is 0 Å². The lowest BCUT2D eigenvalue weighted by Gasteiger charge is -1.83. The van der Waals surface area contributed by atoms with Crippen molar-refractivity contribution in [1.29, 1.82) is 0 Å². The molecular weight excluding hydrogens is 166 g/mol. The van der Waals surface area contributed by atoms with E-state index in [9.17, 15) is 0 Å². The van der Waals surface area contributed by atoms with Gasteiger partial charge in [-0.05, 0) is 23.6 Å². The molecule has 0 radical (unpaired) electrons. The third-order valence-electron chi connectivity index (χ3n) is 1.48. The van der Waals surface area contributed by atoms with Crippen LogP contribution < -0.4 is 0 Å². The molecule has 2 heterocycles. The zero-order chi connectivity index (χ0) is 8.23. The minimum Gasteiger partial charge on any atom is -0.248 e. The first kappa shape index (κ1) is 7.29. The van der Waals surface area contributed by atoms with Crippen LogP contribution in [0.15, 0.2) is 46.6 Å². The second kappa shape index (κ2) is 3.35. The predicted octanol–water partition coefficient (Wildman–Crippen LogP) is 2.88. The number of nitrogens with zero attached hydrogens (tertiary/aromatic N) is 1. The van der Waals surface area contributed by atoms with Crippen molar-refractivity contribution >= 4 is 23.1 Å². The molecule has 1 aliphatic rings. The van der Waals surface area contributed by atoms with Gasteiger partial charge in [-0.25, -0.2) is 4.99 Å². The highest BCUT2D eigenvalue weighted by molar-refractivity contribution is 7.10. The lowest BCUT2D eigenvalue weighted by Crippen LogP contribution is -1.80. The normalized spacial score (nSPS) is 14.5. The molecule has 0 aromatic carbocycles. The molecule has 2 rings (SSSR count). The Morgan fingerprint density at radius 2 is 2.42 bits per heavy atom. The van der Waals surface area contributed by atoms with Gasteiger partial charge in [-0.1, -0.05) is 11.8 Å². The van der Waals surface area contributed by atoms with Crippen molar-refractivity contribution in [2.24, 2.45) is 4.99 Å². The van der Waals surface area contributed by atoms with Crippen LogP contribution in [0.5, 0.6) is 0 Å². The number of aliphatic imine (C=N–C) groups is 1. The molecule has 0 aliphatic carbocycles. The Morgan fingerprint density at radius 3 is 3.08 bits per heavy atom. The van der Waals surface area contributed by atoms with Crippen molar-refractivity contribution in [3.05, 3.63) is 46.5 Å². The maximum Gasteiger partial charge on any atom is 0.0715 e. The third-order valence-corrected chi connectivity index (χ3v) is 2.32. The van der Waals surface area contributed by atoms with Gasteiger partial charge in [-0.2, -0.15) is 0 Å². The predicted molar refractivity (Wildman–Crippen MR) is 53.4 cm³/mol. The lowest BCUT2D eigenvalue weighted by atomic mass is 10.3. The number of thiophene rings is 1. The van der Waals surface area contributed by atoms with Crippen LogP contribution in [0.2, 0.25) is 0 Å². The fourth-order valence-corrected chi connectivity index (χ4v) is 1.53. The Labute approximate surface area is 75.1 Å². The molecule has 58 valence electrons. The van der Waals surface area contributed by atoms with Gasteiger partial charge in [0.15, 0.2) is 0 Å². The standard InChI is InChI=1S/C10H7NS/c1-3-9(11-7-1)5-6-10-4-2-8-12-10/h2-8H/b6-5+. The second-order valence-corrected chi connectivity index (χ2v) is 3.32. The van der Waals surface area contributed by atoms with Crippen LogP contribution in [-0.2, 0) is 0 Å². The van der Waals surface area contributed by atoms with Gasteiger partial charge in [-0.15, -0.1) is 11.3 Å². The average Bonchev–Trinajstić information content (AvgIpc) is 2.74. The summed E-state index contributed by atoms with van der Waals surface area (Å²) in [5.41, 5.74) is 3.86. The summed E-state index contributed by atoms with van der Waals surface area (Å²) in [7, 11) is 0. The minimum absolute atomic E-state index is 0.961. The van der Waals surface area contributed by atoms with Crippen molar-refractivity contribution in [2.75, 3.05) is 0 Å². The molecule has 0 saturated heterocycles. The van der Waals surface area contributed by atoms with E-state index in [4.69, 9.17) is 0 Å². The molecule has 0 unspecified atom stereocenters. The van der Waals surface area contributed by atoms with Gasteiger partial charge in [0.1, 0.15) is 0 Å². The SMILES string of the molecule is C1=CN=C(/C=C/c2cccs2)C=1. The maximum atomic E-state index is 4.08. The van der Waals surface area contributed by atoms with Crippen molar-refractivity contribution in [1.82, 2.24) is 0 Å². The van der Waals surface area contributed by atoms with E-state index in [2.05, 4.69) is 28.2 Å². The van der Waals surface area contributed by atoms with Gasteiger partial charge in [0.25, 0.3) is 0 Å². The van der Waals surface area contributed by atoms with Crippen LogP contribution in [0.3, 0.4) is 0 Å². The zero-order valence-electron chi connectivity index (χ0n) is 6.40. The highest BCUT2D eigenvalue weighted by atomic mass is 32.1. The molecule has 0 saturated carbocycles. The van der Waals surface area contributed by atoms with E-state index in [1.54, 1.807) is 17.5 Å². The molecule has 0 atom stereocenters. The van der Waals surface area contributed by atoms with Gasteiger partial charge >= 0.3 is 0 Å². The third kappa shape index (κ3) is 1.62. The van der Waals surface area contributed by atoms with Crippen molar-refractivity contribution in [3.8, 4) is 0 Å². The van der Waals surface area contributed by atoms with Crippen LogP contribution in [0.4, 0.5) is 0 Å². The van der Waals surface area contributed by atoms with Crippen LogP contribution in [0.25, 0.3) is 6.08 Å². The molecule has 1 aromatic rings. The zero-order valence-corrected chi connectivity index (χ0v) is 7.21. The number of hydrogen-bond acceptors (Lipinski definition) is 2. The summed E-state index contributed by atoms with van der Waals surface area (Å²) in [5, 5.41) is 2.06. The Bertz CT molecular complexity index is 376. The first-order valence-corrected chi connectivity index (χ1v) is 4.53. The lowest BCUT2D eigenvalue weighted by molar-refractivity contribution is 1.62. The molecule has 0 spiro atoms. The average molecular weight is 173 g/mol. The first-order valence-electron chi connectivity index (χ1n) is 3.65. The minimum atomic E-state index is 0.961. The number of rotatable bonds is 2. The number of allylic oxidation sites excluding steroid dienone is 2. The molecule has 1 aliphatic heterocycles. The van der Waals surface area contributed by atoms with Gasteiger partial charge in [0, 0.05) is 11.0 Å². The topological polar surface area (TPSA) is 12.4 Å². The number of hydrogen-bond donors (Lipinski definition) is 0. The van der Waals surface area contributed by atoms with Crippen molar-refractivity contribution < 1.29 is 0 Å². The van der Waals surface area contributed by atoms with E-state index in [0.29, 0.717) is 0 Å². The molecule has 2 heteroatoms. The fourth-order valence-electron chi connectivity index (χ4n) is 0.916. The van der Waals surface area contributed by atoms with Crippen molar-refractivity contribution in [3.63, 3.8) is 0 Å². The quantitative estimate of drug-likeness (QED) is 0.610. The maximum absolute atomic E-state index is 4.08. The molecule has 12 heavy (non-hydrogen) atoms. The second-order valence-electron chi connectivity index (χ2n) is 2.34. The Hall–Kier alpha value is -1.37. The van der Waals surface area contributed by atoms with E-state index in [-0.39, 0.29) is 0 Å². The fraction of sp³-hybridized carbons (Fsp3) is 0. The van der Waals surface area contributed by atoms with Gasteiger partial charge in [0.2, 0.25) is 0 Å². The van der Waals surface area contributed by atoms with Gasteiger partial charge in [0.05, 0.1) is 11.9 Å². The summed E-state index contributed by atoms with van der Waals surface area (Å²) in [6.07, 6.45) is 7.58.